The molecular weight excluding hydrogens is 820 g/mol. The predicted octanol–water partition coefficient (Wildman–Crippen LogP) is 16.4. The fourth-order valence-electron chi connectivity index (χ4n) is 8.36. The highest BCUT2D eigenvalue weighted by Gasteiger charge is 2.23. The van der Waals surface area contributed by atoms with E-state index in [9.17, 15) is 0 Å². The van der Waals surface area contributed by atoms with Crippen LogP contribution in [0.15, 0.2) is 130 Å². The number of aromatic nitrogens is 2. The van der Waals surface area contributed by atoms with Crippen LogP contribution in [0, 0.1) is 0 Å². The lowest BCUT2D eigenvalue weighted by atomic mass is 9.79. The molecule has 0 amide bonds. The maximum absolute atomic E-state index is 4.09. The average Bonchev–Trinajstić information content (AvgIpc) is 3.85. The molecule has 0 bridgehead atoms. The third-order valence-corrected chi connectivity index (χ3v) is 13.9. The van der Waals surface area contributed by atoms with Gasteiger partial charge in [-0.3, -0.25) is 0 Å². The first-order valence-corrected chi connectivity index (χ1v) is 21.3. The van der Waals surface area contributed by atoms with Crippen LogP contribution in [-0.2, 0) is 10.8 Å². The van der Waals surface area contributed by atoms with Crippen LogP contribution in [0.2, 0.25) is 0 Å². The van der Waals surface area contributed by atoms with Crippen molar-refractivity contribution >= 4 is 107 Å². The van der Waals surface area contributed by atoms with E-state index < -0.39 is 0 Å². The van der Waals surface area contributed by atoms with Crippen molar-refractivity contribution in [2.24, 2.45) is 0 Å². The van der Waals surface area contributed by atoms with Gasteiger partial charge >= 0.3 is 0 Å². The first kappa shape index (κ1) is 34.8. The fourth-order valence-corrected chi connectivity index (χ4v) is 10.7. The van der Waals surface area contributed by atoms with Gasteiger partial charge in [0, 0.05) is 72.8 Å². The van der Waals surface area contributed by atoms with E-state index in [1.165, 1.54) is 75.1 Å². The summed E-state index contributed by atoms with van der Waals surface area (Å²) < 4.78 is 4.72. The summed E-state index contributed by atoms with van der Waals surface area (Å²) in [5.74, 6) is 0. The van der Waals surface area contributed by atoms with Crippen LogP contribution < -0.4 is 0 Å². The summed E-state index contributed by atoms with van der Waals surface area (Å²) in [6, 6.07) is 45.1. The number of nitrogens with one attached hydrogen (secondary N) is 2. The molecule has 55 heavy (non-hydrogen) atoms. The minimum atomic E-state index is 0.0438. The molecule has 3 heterocycles. The zero-order chi connectivity index (χ0) is 38.0. The van der Waals surface area contributed by atoms with Gasteiger partial charge in [-0.1, -0.05) is 158 Å². The highest BCUT2D eigenvalue weighted by atomic mass is 79.9. The second-order valence-corrected chi connectivity index (χ2v) is 19.8. The number of halogens is 2. The Kier molecular flexibility index (Phi) is 7.85. The Hall–Kier alpha value is -4.68. The molecule has 3 aromatic heterocycles. The van der Waals surface area contributed by atoms with Gasteiger partial charge in [0.25, 0.3) is 0 Å². The molecular formula is C50H40Br2N2S. The van der Waals surface area contributed by atoms with Crippen molar-refractivity contribution in [3.8, 4) is 33.4 Å². The molecule has 0 unspecified atom stereocenters. The number of H-pyrrole nitrogens is 2. The van der Waals surface area contributed by atoms with E-state index in [0.717, 1.165) is 42.1 Å². The molecule has 270 valence electrons. The SMILES string of the molecule is CC(C)(C)c1cc(-c2ccc3c(c2)[nH]c2c(-c4cc(Br)c(-c5cccc6c5[nH]c5ccccc56)cc4Br)cc4c5ccccc5sc4c23)cc(C(C)(C)C)c1. The van der Waals surface area contributed by atoms with Gasteiger partial charge < -0.3 is 9.97 Å². The number of hydrogen-bond donors (Lipinski definition) is 2. The maximum Gasteiger partial charge on any atom is 0.0559 e. The maximum atomic E-state index is 4.09. The van der Waals surface area contributed by atoms with Gasteiger partial charge in [0.2, 0.25) is 0 Å². The Morgan fingerprint density at radius 2 is 1.09 bits per heavy atom. The van der Waals surface area contributed by atoms with Crippen molar-refractivity contribution in [1.29, 1.82) is 0 Å². The minimum Gasteiger partial charge on any atom is -0.354 e. The number of hydrogen-bond acceptors (Lipinski definition) is 1. The van der Waals surface area contributed by atoms with Gasteiger partial charge in [0.15, 0.2) is 0 Å². The zero-order valence-corrected chi connectivity index (χ0v) is 35.7. The second kappa shape index (κ2) is 12.4. The summed E-state index contributed by atoms with van der Waals surface area (Å²) in [4.78, 5) is 7.69. The Bertz CT molecular complexity index is 3170. The van der Waals surface area contributed by atoms with Crippen molar-refractivity contribution in [1.82, 2.24) is 9.97 Å². The molecule has 0 aliphatic heterocycles. The van der Waals surface area contributed by atoms with E-state index in [2.05, 4.69) is 205 Å². The van der Waals surface area contributed by atoms with Crippen LogP contribution in [0.4, 0.5) is 0 Å². The molecule has 7 aromatic carbocycles. The minimum absolute atomic E-state index is 0.0438. The molecule has 10 aromatic rings. The van der Waals surface area contributed by atoms with Crippen LogP contribution in [0.3, 0.4) is 0 Å². The zero-order valence-electron chi connectivity index (χ0n) is 31.7. The van der Waals surface area contributed by atoms with E-state index in [1.807, 2.05) is 11.3 Å². The van der Waals surface area contributed by atoms with E-state index >= 15 is 0 Å². The number of thiophene rings is 1. The van der Waals surface area contributed by atoms with Gasteiger partial charge in [0.1, 0.15) is 0 Å². The molecule has 0 aliphatic carbocycles. The van der Waals surface area contributed by atoms with Gasteiger partial charge in [0.05, 0.1) is 11.0 Å². The van der Waals surface area contributed by atoms with E-state index in [0.29, 0.717) is 0 Å². The van der Waals surface area contributed by atoms with E-state index in [1.54, 1.807) is 0 Å². The molecule has 0 saturated heterocycles. The molecule has 2 nitrogen and oxygen atoms in total. The van der Waals surface area contributed by atoms with Gasteiger partial charge in [-0.25, -0.2) is 0 Å². The van der Waals surface area contributed by atoms with Crippen molar-refractivity contribution in [3.05, 3.63) is 141 Å². The summed E-state index contributed by atoms with van der Waals surface area (Å²) in [5.41, 5.74) is 14.5. The first-order valence-electron chi connectivity index (χ1n) is 18.9. The Morgan fingerprint density at radius 3 is 1.82 bits per heavy atom. The van der Waals surface area contributed by atoms with Crippen LogP contribution >= 0.6 is 43.2 Å². The van der Waals surface area contributed by atoms with Crippen LogP contribution in [0.5, 0.6) is 0 Å². The number of fused-ring (bicyclic) bond motifs is 10. The van der Waals surface area contributed by atoms with Crippen LogP contribution in [-0.4, -0.2) is 9.97 Å². The smallest absolute Gasteiger partial charge is 0.0559 e. The molecule has 0 saturated carbocycles. The monoisotopic (exact) mass is 858 g/mol. The molecule has 0 spiro atoms. The molecule has 10 rings (SSSR count). The summed E-state index contributed by atoms with van der Waals surface area (Å²) in [6.45, 7) is 13.8. The molecule has 0 aliphatic rings. The van der Waals surface area contributed by atoms with Crippen LogP contribution in [0.1, 0.15) is 52.7 Å². The standard InChI is InChI=1S/C50H40Br2N2S/c1-49(2,3)29-20-28(21-30(23-29)50(4,5)6)27-18-19-35-43(22-27)54-47-38(24-39-32-13-8-10-17-44(32)55-48(39)45(35)47)37-26-40(51)36(25-41(37)52)34-15-11-14-33-31-12-7-9-16-42(31)53-46(33)34/h7-26,53-54H,1-6H3. The lowest BCUT2D eigenvalue weighted by Crippen LogP contribution is -2.16. The largest absolute Gasteiger partial charge is 0.354 e. The van der Waals surface area contributed by atoms with Crippen LogP contribution in [0.25, 0.3) is 97.2 Å². The Labute approximate surface area is 341 Å². The Morgan fingerprint density at radius 1 is 0.455 bits per heavy atom. The third kappa shape index (κ3) is 5.61. The summed E-state index contributed by atoms with van der Waals surface area (Å²) in [6.07, 6.45) is 0. The summed E-state index contributed by atoms with van der Waals surface area (Å²) in [5, 5.41) is 7.58. The molecule has 0 fully saturated rings. The highest BCUT2D eigenvalue weighted by Crippen LogP contribution is 2.49. The molecule has 0 radical (unpaired) electrons. The fraction of sp³-hybridized carbons (Fsp3) is 0.160. The van der Waals surface area contributed by atoms with Crippen molar-refractivity contribution in [2.45, 2.75) is 52.4 Å². The topological polar surface area (TPSA) is 31.6 Å². The molecule has 0 atom stereocenters. The summed E-state index contributed by atoms with van der Waals surface area (Å²) >= 11 is 10.0. The average molecular weight is 861 g/mol. The molecule has 5 heteroatoms. The van der Waals surface area contributed by atoms with Gasteiger partial charge in [-0.15, -0.1) is 11.3 Å². The van der Waals surface area contributed by atoms with E-state index in [4.69, 9.17) is 0 Å². The van der Waals surface area contributed by atoms with E-state index in [-0.39, 0.29) is 10.8 Å². The third-order valence-electron chi connectivity index (χ3n) is 11.4. The number of para-hydroxylation sites is 2. The first-order chi connectivity index (χ1) is 26.3. The number of rotatable bonds is 3. The Balaban J connectivity index is 1.20. The lowest BCUT2D eigenvalue weighted by Gasteiger charge is -2.26. The van der Waals surface area contributed by atoms with Gasteiger partial charge in [-0.2, -0.15) is 0 Å². The highest BCUT2D eigenvalue weighted by molar-refractivity contribution is 9.11. The number of benzene rings is 7. The van der Waals surface area contributed by atoms with Gasteiger partial charge in [-0.05, 0) is 80.6 Å². The number of aromatic amines is 2. The van der Waals surface area contributed by atoms with Crippen molar-refractivity contribution in [2.75, 3.05) is 0 Å². The second-order valence-electron chi connectivity index (χ2n) is 17.0. The quantitative estimate of drug-likeness (QED) is 0.177. The summed E-state index contributed by atoms with van der Waals surface area (Å²) in [7, 11) is 0. The van der Waals surface area contributed by atoms with Crippen molar-refractivity contribution < 1.29 is 0 Å². The normalized spacial score (nSPS) is 12.7. The lowest BCUT2D eigenvalue weighted by molar-refractivity contribution is 0.569. The van der Waals surface area contributed by atoms with Crippen molar-refractivity contribution in [3.63, 3.8) is 0 Å². The molecule has 2 N–H and O–H groups in total. The predicted molar refractivity (Wildman–Crippen MR) is 247 cm³/mol.